The molecule has 0 atom stereocenters. The number of H-pyrrole nitrogens is 2. The highest BCUT2D eigenvalue weighted by molar-refractivity contribution is 7.22. The Morgan fingerprint density at radius 1 is 1.33 bits per heavy atom. The first kappa shape index (κ1) is 9.96. The van der Waals surface area contributed by atoms with Gasteiger partial charge < -0.3 is 9.97 Å². The summed E-state index contributed by atoms with van der Waals surface area (Å²) in [5.74, 6) is 0. The Bertz CT molecular complexity index is 676. The number of nitrogens with zero attached hydrogens (tertiary/aromatic N) is 1. The first-order chi connectivity index (χ1) is 7.13. The van der Waals surface area contributed by atoms with Crippen LogP contribution in [0.15, 0.2) is 9.59 Å². The van der Waals surface area contributed by atoms with Gasteiger partial charge in [-0.1, -0.05) is 11.6 Å². The van der Waals surface area contributed by atoms with E-state index in [9.17, 15) is 9.59 Å². The normalized spacial score (nSPS) is 10.4. The van der Waals surface area contributed by atoms with Crippen LogP contribution >= 0.6 is 22.9 Å². The number of fused-ring (bicyclic) bond motifs is 1. The van der Waals surface area contributed by atoms with Crippen LogP contribution in [0, 0.1) is 11.3 Å². The van der Waals surface area contributed by atoms with E-state index < -0.39 is 11.1 Å². The van der Waals surface area contributed by atoms with E-state index >= 15 is 0 Å². The summed E-state index contributed by atoms with van der Waals surface area (Å²) in [6.07, 6.45) is 0.0980. The van der Waals surface area contributed by atoms with E-state index in [1.807, 2.05) is 6.07 Å². The molecule has 7 heteroatoms. The summed E-state index contributed by atoms with van der Waals surface area (Å²) in [6.45, 7) is 0. The molecule has 0 amide bonds. The maximum Gasteiger partial charge on any atom is 0.314 e. The quantitative estimate of drug-likeness (QED) is 0.730. The summed E-state index contributed by atoms with van der Waals surface area (Å²) in [5, 5.41) is 8.58. The van der Waals surface area contributed by atoms with E-state index in [-0.39, 0.29) is 6.42 Å². The van der Waals surface area contributed by atoms with Crippen molar-refractivity contribution in [1.29, 1.82) is 5.26 Å². The van der Waals surface area contributed by atoms with Crippen LogP contribution in [0.4, 0.5) is 0 Å². The van der Waals surface area contributed by atoms with Crippen molar-refractivity contribution < 1.29 is 0 Å². The lowest BCUT2D eigenvalue weighted by molar-refractivity contribution is 1.14. The maximum absolute atomic E-state index is 11.1. The number of thiophene rings is 1. The summed E-state index contributed by atoms with van der Waals surface area (Å²) in [6, 6.07) is 1.95. The molecule has 0 spiro atoms. The molecule has 5 nitrogen and oxygen atoms in total. The Kier molecular flexibility index (Phi) is 2.34. The minimum atomic E-state index is -0.740. The van der Waals surface area contributed by atoms with Crippen molar-refractivity contribution in [3.8, 4) is 6.07 Å². The molecule has 0 fully saturated rings. The highest BCUT2D eigenvalue weighted by Crippen LogP contribution is 2.31. The molecule has 2 N–H and O–H groups in total. The van der Waals surface area contributed by atoms with Gasteiger partial charge in [0.05, 0.1) is 18.0 Å². The van der Waals surface area contributed by atoms with E-state index in [0.717, 1.165) is 11.3 Å². The monoisotopic (exact) mass is 241 g/mol. The highest BCUT2D eigenvalue weighted by Gasteiger charge is 2.12. The van der Waals surface area contributed by atoms with Crippen molar-refractivity contribution in [3.05, 3.63) is 30.6 Å². The number of nitrogens with one attached hydrogen (secondary N) is 2. The molecule has 0 unspecified atom stereocenters. The minimum Gasteiger partial charge on any atom is -0.315 e. The van der Waals surface area contributed by atoms with Crippen LogP contribution in [-0.2, 0) is 6.42 Å². The van der Waals surface area contributed by atoms with Crippen LogP contribution in [0.2, 0.25) is 4.34 Å². The summed E-state index contributed by atoms with van der Waals surface area (Å²) < 4.78 is 0.407. The largest absolute Gasteiger partial charge is 0.315 e. The van der Waals surface area contributed by atoms with Gasteiger partial charge in [-0.25, -0.2) is 0 Å². The average molecular weight is 242 g/mol. The number of nitriles is 1. The topological polar surface area (TPSA) is 89.5 Å². The molecule has 2 aromatic rings. The third kappa shape index (κ3) is 1.56. The number of rotatable bonds is 1. The lowest BCUT2D eigenvalue weighted by Gasteiger charge is -1.91. The maximum atomic E-state index is 11.1. The SMILES string of the molecule is N#CCc1c(Cl)sc2[nH]c(=O)c(=O)[nH]c12. The first-order valence-corrected chi connectivity index (χ1v) is 5.13. The zero-order chi connectivity index (χ0) is 11.0. The fourth-order valence-electron chi connectivity index (χ4n) is 1.22. The summed E-state index contributed by atoms with van der Waals surface area (Å²) >= 11 is 7.00. The van der Waals surface area contributed by atoms with Crippen molar-refractivity contribution in [2.24, 2.45) is 0 Å². The third-order valence-electron chi connectivity index (χ3n) is 1.89. The van der Waals surface area contributed by atoms with Gasteiger partial charge in [-0.3, -0.25) is 9.59 Å². The molecule has 0 aliphatic heterocycles. The van der Waals surface area contributed by atoms with Gasteiger partial charge in [0.2, 0.25) is 0 Å². The molecule has 2 heterocycles. The molecule has 15 heavy (non-hydrogen) atoms. The van der Waals surface area contributed by atoms with E-state index in [0.29, 0.717) is 20.2 Å². The van der Waals surface area contributed by atoms with Crippen LogP contribution in [0.5, 0.6) is 0 Å². The zero-order valence-corrected chi connectivity index (χ0v) is 8.83. The lowest BCUT2D eigenvalue weighted by Crippen LogP contribution is -2.28. The Morgan fingerprint density at radius 3 is 2.67 bits per heavy atom. The average Bonchev–Trinajstić information content (AvgIpc) is 2.46. The lowest BCUT2D eigenvalue weighted by atomic mass is 10.2. The fourth-order valence-corrected chi connectivity index (χ4v) is 2.51. The molecule has 0 aliphatic rings. The van der Waals surface area contributed by atoms with E-state index in [1.165, 1.54) is 0 Å². The van der Waals surface area contributed by atoms with E-state index in [4.69, 9.17) is 16.9 Å². The molecular formula is C8H4ClN3O2S. The van der Waals surface area contributed by atoms with Gasteiger partial charge >= 0.3 is 11.1 Å². The number of aromatic nitrogens is 2. The Balaban J connectivity index is 2.89. The Labute approximate surface area is 91.9 Å². The predicted octanol–water partition coefficient (Wildman–Crippen LogP) is 0.997. The number of hydrogen-bond donors (Lipinski definition) is 2. The minimum absolute atomic E-state index is 0.0980. The molecule has 0 bridgehead atoms. The smallest absolute Gasteiger partial charge is 0.314 e. The van der Waals surface area contributed by atoms with Crippen LogP contribution < -0.4 is 11.1 Å². The van der Waals surface area contributed by atoms with Crippen LogP contribution in [0.1, 0.15) is 5.56 Å². The molecular weight excluding hydrogens is 238 g/mol. The second kappa shape index (κ2) is 3.53. The number of halogens is 1. The van der Waals surface area contributed by atoms with Crippen molar-refractivity contribution in [3.63, 3.8) is 0 Å². The van der Waals surface area contributed by atoms with Crippen LogP contribution in [0.25, 0.3) is 10.3 Å². The van der Waals surface area contributed by atoms with Gasteiger partial charge in [-0.2, -0.15) is 5.26 Å². The molecule has 0 saturated heterocycles. The molecule has 2 rings (SSSR count). The summed E-state index contributed by atoms with van der Waals surface area (Å²) in [5.41, 5.74) is -0.469. The Hall–Kier alpha value is -1.58. The molecule has 0 aromatic carbocycles. The number of aromatic amines is 2. The van der Waals surface area contributed by atoms with Crippen LogP contribution in [-0.4, -0.2) is 9.97 Å². The Morgan fingerprint density at radius 2 is 2.00 bits per heavy atom. The van der Waals surface area contributed by atoms with Gasteiger partial charge in [0.15, 0.2) is 0 Å². The van der Waals surface area contributed by atoms with Crippen molar-refractivity contribution in [2.45, 2.75) is 6.42 Å². The predicted molar refractivity (Wildman–Crippen MR) is 57.4 cm³/mol. The second-order valence-electron chi connectivity index (χ2n) is 2.80. The molecule has 0 saturated carbocycles. The first-order valence-electron chi connectivity index (χ1n) is 3.94. The highest BCUT2D eigenvalue weighted by atomic mass is 35.5. The molecule has 0 radical (unpaired) electrons. The summed E-state index contributed by atoms with van der Waals surface area (Å²) in [7, 11) is 0. The molecule has 76 valence electrons. The zero-order valence-electron chi connectivity index (χ0n) is 7.26. The van der Waals surface area contributed by atoms with Gasteiger partial charge in [0.1, 0.15) is 9.17 Å². The standard InChI is InChI=1S/C8H4ClN3O2S/c9-5-3(1-2-10)4-8(15-5)12-7(14)6(13)11-4/h1H2,(H,11,13)(H,12,14). The van der Waals surface area contributed by atoms with Gasteiger partial charge in [-0.15, -0.1) is 11.3 Å². The van der Waals surface area contributed by atoms with Crippen LogP contribution in [0.3, 0.4) is 0 Å². The van der Waals surface area contributed by atoms with E-state index in [1.54, 1.807) is 0 Å². The van der Waals surface area contributed by atoms with Gasteiger partial charge in [0, 0.05) is 5.56 Å². The van der Waals surface area contributed by atoms with E-state index in [2.05, 4.69) is 9.97 Å². The molecule has 2 aromatic heterocycles. The van der Waals surface area contributed by atoms with Gasteiger partial charge in [-0.05, 0) is 0 Å². The van der Waals surface area contributed by atoms with Gasteiger partial charge in [0.25, 0.3) is 0 Å². The second-order valence-corrected chi connectivity index (χ2v) is 4.42. The van der Waals surface area contributed by atoms with Crippen molar-refractivity contribution in [1.82, 2.24) is 9.97 Å². The summed E-state index contributed by atoms with van der Waals surface area (Å²) in [4.78, 5) is 27.4. The third-order valence-corrected chi connectivity index (χ3v) is 3.28. The van der Waals surface area contributed by atoms with Crippen molar-refractivity contribution in [2.75, 3.05) is 0 Å². The fraction of sp³-hybridized carbons (Fsp3) is 0.125. The van der Waals surface area contributed by atoms with Crippen molar-refractivity contribution >= 4 is 33.3 Å². The number of hydrogen-bond acceptors (Lipinski definition) is 4. The molecule has 0 aliphatic carbocycles.